The molecule has 1 atom stereocenters. The van der Waals surface area contributed by atoms with E-state index in [2.05, 4.69) is 11.0 Å². The fourth-order valence-corrected chi connectivity index (χ4v) is 7.38. The highest BCUT2D eigenvalue weighted by Gasteiger charge is 2.40. The molecule has 0 aromatic heterocycles. The molecular formula is C27H29N3O6S. The summed E-state index contributed by atoms with van der Waals surface area (Å²) in [6, 6.07) is 11.2. The fraction of sp³-hybridized carbons (Fsp3) is 0.444. The summed E-state index contributed by atoms with van der Waals surface area (Å²) in [6.07, 6.45) is 1.22. The third-order valence-corrected chi connectivity index (χ3v) is 9.88. The van der Waals surface area contributed by atoms with Gasteiger partial charge in [0, 0.05) is 51.4 Å². The Hall–Kier alpha value is -2.92. The molecule has 5 aliphatic rings. The molecule has 0 bridgehead atoms. The minimum Gasteiger partial charge on any atom is -0.486 e. The summed E-state index contributed by atoms with van der Waals surface area (Å²) in [5.41, 5.74) is 4.82. The normalized spacial score (nSPS) is 22.4. The van der Waals surface area contributed by atoms with Crippen LogP contribution in [0, 0.1) is 0 Å². The number of aliphatic hydroxyl groups excluding tert-OH is 1. The molecule has 194 valence electrons. The van der Waals surface area contributed by atoms with Crippen molar-refractivity contribution in [3.05, 3.63) is 64.2 Å². The van der Waals surface area contributed by atoms with E-state index in [9.17, 15) is 18.3 Å². The minimum atomic E-state index is -3.73. The van der Waals surface area contributed by atoms with Crippen molar-refractivity contribution in [1.82, 2.24) is 14.1 Å². The van der Waals surface area contributed by atoms with Crippen LogP contribution in [-0.4, -0.2) is 79.0 Å². The highest BCUT2D eigenvalue weighted by Crippen LogP contribution is 2.39. The van der Waals surface area contributed by atoms with Crippen LogP contribution in [-0.2, 0) is 27.9 Å². The zero-order valence-electron chi connectivity index (χ0n) is 20.4. The number of carbonyl (C=O) groups is 1. The highest BCUT2D eigenvalue weighted by molar-refractivity contribution is 7.89. The zero-order valence-corrected chi connectivity index (χ0v) is 21.2. The molecule has 1 saturated carbocycles. The molecule has 1 amide bonds. The second-order valence-electron chi connectivity index (χ2n) is 10.5. The van der Waals surface area contributed by atoms with Gasteiger partial charge in [-0.05, 0) is 52.8 Å². The lowest BCUT2D eigenvalue weighted by Crippen LogP contribution is -2.38. The number of hydrogen-bond acceptors (Lipinski definition) is 7. The first-order valence-corrected chi connectivity index (χ1v) is 14.2. The molecule has 0 spiro atoms. The van der Waals surface area contributed by atoms with Gasteiger partial charge in [-0.15, -0.1) is 0 Å². The lowest BCUT2D eigenvalue weighted by Gasteiger charge is -2.25. The molecule has 1 unspecified atom stereocenters. The summed E-state index contributed by atoms with van der Waals surface area (Å²) in [5.74, 6) is 0.656. The first-order valence-electron chi connectivity index (χ1n) is 12.8. The van der Waals surface area contributed by atoms with Crippen LogP contribution in [0.1, 0.15) is 35.6 Å². The van der Waals surface area contributed by atoms with Gasteiger partial charge in [0.15, 0.2) is 17.6 Å². The Kier molecular flexibility index (Phi) is 5.37. The smallest absolute Gasteiger partial charge is 0.256 e. The van der Waals surface area contributed by atoms with Gasteiger partial charge >= 0.3 is 0 Å². The summed E-state index contributed by atoms with van der Waals surface area (Å²) in [6.45, 7) is 3.63. The quantitative estimate of drug-likeness (QED) is 0.597. The molecule has 2 aromatic carbocycles. The van der Waals surface area contributed by atoms with Gasteiger partial charge in [0.1, 0.15) is 13.2 Å². The van der Waals surface area contributed by atoms with Gasteiger partial charge in [0.05, 0.1) is 4.90 Å². The fourth-order valence-electron chi connectivity index (χ4n) is 5.94. The van der Waals surface area contributed by atoms with Gasteiger partial charge in [-0.3, -0.25) is 9.69 Å². The lowest BCUT2D eigenvalue weighted by atomic mass is 9.98. The molecule has 37 heavy (non-hydrogen) atoms. The van der Waals surface area contributed by atoms with Crippen molar-refractivity contribution in [2.75, 3.05) is 39.4 Å². The van der Waals surface area contributed by atoms with Crippen LogP contribution in [0.4, 0.5) is 0 Å². The van der Waals surface area contributed by atoms with E-state index in [1.165, 1.54) is 28.8 Å². The van der Waals surface area contributed by atoms with Crippen molar-refractivity contribution in [3.8, 4) is 11.5 Å². The molecule has 4 aliphatic heterocycles. The van der Waals surface area contributed by atoms with Gasteiger partial charge < -0.3 is 19.5 Å². The number of nitrogens with zero attached hydrogens (tertiary/aromatic N) is 3. The standard InChI is InChI=1S/C27H29N3O6S/c31-26(22-3-1-2-17-11-28(16-23(17)22)20-4-5-20)27(32)29-12-18-14-30(15-19(18)13-29)37(33,34)21-6-7-24-25(10-21)36-9-8-35-24/h1-3,6-7,10,20,26,31H,4-5,8-9,11-16H2. The SMILES string of the molecule is O=C(C(O)c1cccc2c1CN(C1CC1)C2)N1CC2=C(C1)CN(S(=O)(=O)c1ccc3c(c1)OCCO3)C2. The Labute approximate surface area is 215 Å². The summed E-state index contributed by atoms with van der Waals surface area (Å²) in [7, 11) is -3.73. The van der Waals surface area contributed by atoms with Crippen LogP contribution < -0.4 is 9.47 Å². The van der Waals surface area contributed by atoms with Crippen LogP contribution in [0.2, 0.25) is 0 Å². The highest BCUT2D eigenvalue weighted by atomic mass is 32.2. The number of sulfonamides is 1. The van der Waals surface area contributed by atoms with E-state index in [1.807, 2.05) is 12.1 Å². The Morgan fingerprint density at radius 2 is 1.65 bits per heavy atom. The molecule has 1 fully saturated rings. The lowest BCUT2D eigenvalue weighted by molar-refractivity contribution is -0.139. The Morgan fingerprint density at radius 3 is 2.38 bits per heavy atom. The van der Waals surface area contributed by atoms with E-state index < -0.39 is 16.1 Å². The predicted molar refractivity (Wildman–Crippen MR) is 133 cm³/mol. The van der Waals surface area contributed by atoms with E-state index in [4.69, 9.17) is 9.47 Å². The van der Waals surface area contributed by atoms with Crippen LogP contribution >= 0.6 is 0 Å². The third kappa shape index (κ3) is 3.94. The number of carbonyl (C=O) groups excluding carboxylic acids is 1. The number of hydrogen-bond donors (Lipinski definition) is 1. The van der Waals surface area contributed by atoms with E-state index in [0.717, 1.165) is 29.8 Å². The van der Waals surface area contributed by atoms with Crippen LogP contribution in [0.3, 0.4) is 0 Å². The number of aliphatic hydroxyl groups is 1. The van der Waals surface area contributed by atoms with Crippen molar-refractivity contribution in [1.29, 1.82) is 0 Å². The third-order valence-electron chi connectivity index (χ3n) is 8.10. The predicted octanol–water partition coefficient (Wildman–Crippen LogP) is 1.81. The molecular weight excluding hydrogens is 494 g/mol. The van der Waals surface area contributed by atoms with Crippen molar-refractivity contribution in [2.24, 2.45) is 0 Å². The van der Waals surface area contributed by atoms with Gasteiger partial charge in [0.25, 0.3) is 5.91 Å². The van der Waals surface area contributed by atoms with Crippen LogP contribution in [0.15, 0.2) is 52.4 Å². The molecule has 10 heteroatoms. The molecule has 1 N–H and O–H groups in total. The zero-order chi connectivity index (χ0) is 25.3. The van der Waals surface area contributed by atoms with Crippen molar-refractivity contribution in [3.63, 3.8) is 0 Å². The Morgan fingerprint density at radius 1 is 0.919 bits per heavy atom. The molecule has 7 rings (SSSR count). The Bertz CT molecular complexity index is 1420. The van der Waals surface area contributed by atoms with Crippen molar-refractivity contribution < 1.29 is 27.8 Å². The number of rotatable bonds is 5. The molecule has 4 heterocycles. The second-order valence-corrected chi connectivity index (χ2v) is 12.4. The maximum Gasteiger partial charge on any atom is 0.256 e. The second kappa shape index (κ2) is 8.56. The van der Waals surface area contributed by atoms with E-state index in [-0.39, 0.29) is 23.9 Å². The molecule has 1 aliphatic carbocycles. The summed E-state index contributed by atoms with van der Waals surface area (Å²) < 4.78 is 39.2. The van der Waals surface area contributed by atoms with Crippen LogP contribution in [0.25, 0.3) is 0 Å². The number of ether oxygens (including phenoxy) is 2. The maximum atomic E-state index is 13.3. The number of benzene rings is 2. The minimum absolute atomic E-state index is 0.166. The van der Waals surface area contributed by atoms with E-state index >= 15 is 0 Å². The largest absolute Gasteiger partial charge is 0.486 e. The monoisotopic (exact) mass is 523 g/mol. The van der Waals surface area contributed by atoms with Gasteiger partial charge in [0.2, 0.25) is 10.0 Å². The van der Waals surface area contributed by atoms with Gasteiger partial charge in [-0.1, -0.05) is 18.2 Å². The maximum absolute atomic E-state index is 13.3. The molecule has 0 radical (unpaired) electrons. The molecule has 0 saturated heterocycles. The van der Waals surface area contributed by atoms with E-state index in [0.29, 0.717) is 49.4 Å². The molecule has 9 nitrogen and oxygen atoms in total. The average molecular weight is 524 g/mol. The summed E-state index contributed by atoms with van der Waals surface area (Å²) in [5, 5.41) is 11.1. The summed E-state index contributed by atoms with van der Waals surface area (Å²) in [4.78, 5) is 17.6. The van der Waals surface area contributed by atoms with Crippen LogP contribution in [0.5, 0.6) is 11.5 Å². The Balaban J connectivity index is 1.02. The number of amides is 1. The first kappa shape index (κ1) is 23.2. The van der Waals surface area contributed by atoms with Crippen molar-refractivity contribution in [2.45, 2.75) is 43.0 Å². The summed E-state index contributed by atoms with van der Waals surface area (Å²) >= 11 is 0. The van der Waals surface area contributed by atoms with E-state index in [1.54, 1.807) is 17.0 Å². The topological polar surface area (TPSA) is 99.6 Å². The van der Waals surface area contributed by atoms with Gasteiger partial charge in [-0.2, -0.15) is 4.31 Å². The average Bonchev–Trinajstić information content (AvgIpc) is 3.34. The first-order chi connectivity index (χ1) is 17.9. The van der Waals surface area contributed by atoms with Gasteiger partial charge in [-0.25, -0.2) is 8.42 Å². The molecule has 2 aromatic rings. The van der Waals surface area contributed by atoms with Crippen molar-refractivity contribution >= 4 is 15.9 Å². The number of fused-ring (bicyclic) bond motifs is 2.